The Bertz CT molecular complexity index is 498. The summed E-state index contributed by atoms with van der Waals surface area (Å²) in [5, 5.41) is 0. The molecule has 102 valence electrons. The van der Waals surface area contributed by atoms with E-state index in [4.69, 9.17) is 19.9 Å². The molecule has 2 N–H and O–H groups in total. The van der Waals surface area contributed by atoms with Crippen LogP contribution in [0, 0.1) is 0 Å². The molecule has 0 aliphatic carbocycles. The Labute approximate surface area is 110 Å². The predicted molar refractivity (Wildman–Crippen MR) is 65.4 cm³/mol. The quantitative estimate of drug-likeness (QED) is 0.477. The maximum Gasteiger partial charge on any atom is 0.351 e. The molecule has 1 aromatic rings. The second kappa shape index (κ2) is 4.89. The molecule has 0 saturated carbocycles. The molecule has 1 amide bonds. The van der Waals surface area contributed by atoms with Gasteiger partial charge in [0.05, 0.1) is 13.7 Å². The Morgan fingerprint density at radius 1 is 1.37 bits per heavy atom. The first-order valence-electron chi connectivity index (χ1n) is 5.85. The molecule has 0 radical (unpaired) electrons. The molecule has 1 saturated heterocycles. The number of epoxide rings is 1. The minimum absolute atomic E-state index is 0.159. The SMILES string of the molecule is CCOC(=O)C1(C(N)=O)OC1c1ccc(OC)cc1. The topological polar surface area (TPSA) is 91.2 Å². The normalized spacial score (nSPS) is 24.6. The summed E-state index contributed by atoms with van der Waals surface area (Å²) in [6.07, 6.45) is -0.699. The van der Waals surface area contributed by atoms with E-state index in [1.807, 2.05) is 0 Å². The summed E-state index contributed by atoms with van der Waals surface area (Å²) in [6, 6.07) is 6.86. The van der Waals surface area contributed by atoms with Crippen molar-refractivity contribution in [3.8, 4) is 5.75 Å². The molecule has 2 unspecified atom stereocenters. The lowest BCUT2D eigenvalue weighted by atomic mass is 9.98. The summed E-state index contributed by atoms with van der Waals surface area (Å²) in [4.78, 5) is 23.3. The molecular formula is C13H15NO5. The average Bonchev–Trinajstić information content (AvgIpc) is 3.16. The number of carbonyl (C=O) groups is 2. The Kier molecular flexibility index (Phi) is 3.44. The number of hydrogen-bond donors (Lipinski definition) is 1. The summed E-state index contributed by atoms with van der Waals surface area (Å²) in [6.45, 7) is 1.81. The van der Waals surface area contributed by atoms with Crippen molar-refractivity contribution < 1.29 is 23.8 Å². The number of nitrogens with two attached hydrogens (primary N) is 1. The van der Waals surface area contributed by atoms with Crippen molar-refractivity contribution in [3.05, 3.63) is 29.8 Å². The minimum atomic E-state index is -1.69. The van der Waals surface area contributed by atoms with Crippen LogP contribution in [0.4, 0.5) is 0 Å². The summed E-state index contributed by atoms with van der Waals surface area (Å²) >= 11 is 0. The van der Waals surface area contributed by atoms with Gasteiger partial charge in [-0.05, 0) is 24.6 Å². The molecule has 6 nitrogen and oxygen atoms in total. The molecule has 6 heteroatoms. The van der Waals surface area contributed by atoms with Gasteiger partial charge in [-0.1, -0.05) is 12.1 Å². The van der Waals surface area contributed by atoms with Gasteiger partial charge in [0.25, 0.3) is 11.5 Å². The van der Waals surface area contributed by atoms with Crippen LogP contribution >= 0.6 is 0 Å². The molecule has 1 fully saturated rings. The second-order valence-electron chi connectivity index (χ2n) is 4.09. The second-order valence-corrected chi connectivity index (χ2v) is 4.09. The number of benzene rings is 1. The van der Waals surface area contributed by atoms with Gasteiger partial charge >= 0.3 is 5.97 Å². The van der Waals surface area contributed by atoms with E-state index in [0.717, 1.165) is 0 Å². The van der Waals surface area contributed by atoms with Crippen molar-refractivity contribution in [2.45, 2.75) is 18.6 Å². The van der Waals surface area contributed by atoms with E-state index in [2.05, 4.69) is 0 Å². The van der Waals surface area contributed by atoms with Gasteiger partial charge in [0.15, 0.2) is 0 Å². The highest BCUT2D eigenvalue weighted by Gasteiger charge is 2.69. The fourth-order valence-corrected chi connectivity index (χ4v) is 1.91. The van der Waals surface area contributed by atoms with Crippen LogP contribution in [0.3, 0.4) is 0 Å². The third kappa shape index (κ3) is 2.15. The van der Waals surface area contributed by atoms with Crippen LogP contribution in [0.25, 0.3) is 0 Å². The molecule has 19 heavy (non-hydrogen) atoms. The third-order valence-corrected chi connectivity index (χ3v) is 2.98. The molecular weight excluding hydrogens is 250 g/mol. The number of hydrogen-bond acceptors (Lipinski definition) is 5. The van der Waals surface area contributed by atoms with Crippen LogP contribution in [0.1, 0.15) is 18.6 Å². The van der Waals surface area contributed by atoms with Crippen LogP contribution in [-0.4, -0.2) is 31.2 Å². The predicted octanol–water partition coefficient (Wildman–Crippen LogP) is 0.554. The molecule has 1 aliphatic rings. The maximum atomic E-state index is 11.8. The molecule has 1 heterocycles. The van der Waals surface area contributed by atoms with Gasteiger partial charge in [-0.3, -0.25) is 4.79 Å². The summed E-state index contributed by atoms with van der Waals surface area (Å²) in [7, 11) is 1.55. The van der Waals surface area contributed by atoms with Gasteiger partial charge in [0.1, 0.15) is 11.9 Å². The molecule has 1 aliphatic heterocycles. The first-order chi connectivity index (χ1) is 9.06. The van der Waals surface area contributed by atoms with E-state index >= 15 is 0 Å². The van der Waals surface area contributed by atoms with Crippen molar-refractivity contribution >= 4 is 11.9 Å². The highest BCUT2D eigenvalue weighted by atomic mass is 16.7. The smallest absolute Gasteiger partial charge is 0.351 e. The van der Waals surface area contributed by atoms with Gasteiger partial charge in [-0.25, -0.2) is 4.79 Å². The summed E-state index contributed by atoms with van der Waals surface area (Å²) < 4.78 is 15.1. The van der Waals surface area contributed by atoms with Crippen molar-refractivity contribution in [1.29, 1.82) is 0 Å². The average molecular weight is 265 g/mol. The Morgan fingerprint density at radius 2 is 2.00 bits per heavy atom. The maximum absolute atomic E-state index is 11.8. The zero-order valence-electron chi connectivity index (χ0n) is 10.7. The fraction of sp³-hybridized carbons (Fsp3) is 0.385. The van der Waals surface area contributed by atoms with E-state index in [1.54, 1.807) is 38.3 Å². The zero-order chi connectivity index (χ0) is 14.0. The van der Waals surface area contributed by atoms with Gasteiger partial charge in [0.2, 0.25) is 0 Å². The molecule has 1 aromatic carbocycles. The number of amides is 1. The van der Waals surface area contributed by atoms with Crippen LogP contribution in [0.2, 0.25) is 0 Å². The zero-order valence-corrected chi connectivity index (χ0v) is 10.7. The van der Waals surface area contributed by atoms with Gasteiger partial charge in [-0.2, -0.15) is 0 Å². The van der Waals surface area contributed by atoms with Gasteiger partial charge in [-0.15, -0.1) is 0 Å². The van der Waals surface area contributed by atoms with Crippen LogP contribution in [-0.2, 0) is 19.1 Å². The van der Waals surface area contributed by atoms with Crippen molar-refractivity contribution in [2.24, 2.45) is 5.73 Å². The lowest BCUT2D eigenvalue weighted by molar-refractivity contribution is -0.153. The summed E-state index contributed by atoms with van der Waals surface area (Å²) in [5.74, 6) is -0.916. The van der Waals surface area contributed by atoms with Crippen molar-refractivity contribution in [1.82, 2.24) is 0 Å². The van der Waals surface area contributed by atoms with Crippen LogP contribution in [0.15, 0.2) is 24.3 Å². The number of esters is 1. The van der Waals surface area contributed by atoms with Gasteiger partial charge < -0.3 is 19.9 Å². The highest BCUT2D eigenvalue weighted by Crippen LogP contribution is 2.50. The van der Waals surface area contributed by atoms with E-state index in [1.165, 1.54) is 0 Å². The Hall–Kier alpha value is -2.08. The molecule has 2 rings (SSSR count). The van der Waals surface area contributed by atoms with E-state index in [-0.39, 0.29) is 6.61 Å². The van der Waals surface area contributed by atoms with Gasteiger partial charge in [0, 0.05) is 0 Å². The molecule has 0 bridgehead atoms. The first kappa shape index (κ1) is 13.4. The van der Waals surface area contributed by atoms with Crippen molar-refractivity contribution in [2.75, 3.05) is 13.7 Å². The van der Waals surface area contributed by atoms with Crippen LogP contribution < -0.4 is 10.5 Å². The third-order valence-electron chi connectivity index (χ3n) is 2.98. The standard InChI is InChI=1S/C13H15NO5/c1-3-18-12(16)13(11(14)15)10(19-13)8-4-6-9(17-2)7-5-8/h4-7,10H,3H2,1-2H3,(H2,14,15). The largest absolute Gasteiger partial charge is 0.497 e. The Morgan fingerprint density at radius 3 is 2.47 bits per heavy atom. The minimum Gasteiger partial charge on any atom is -0.497 e. The molecule has 2 atom stereocenters. The highest BCUT2D eigenvalue weighted by molar-refractivity contribution is 6.09. The molecule has 0 aromatic heterocycles. The van der Waals surface area contributed by atoms with E-state index in [9.17, 15) is 9.59 Å². The number of primary amides is 1. The first-order valence-corrected chi connectivity index (χ1v) is 5.85. The summed E-state index contributed by atoms with van der Waals surface area (Å²) in [5.41, 5.74) is 4.24. The number of methoxy groups -OCH3 is 1. The van der Waals surface area contributed by atoms with E-state index < -0.39 is 23.6 Å². The fourth-order valence-electron chi connectivity index (χ4n) is 1.91. The number of ether oxygens (including phenoxy) is 3. The number of carbonyl (C=O) groups excluding carboxylic acids is 2. The lowest BCUT2D eigenvalue weighted by Crippen LogP contribution is -2.41. The van der Waals surface area contributed by atoms with E-state index in [0.29, 0.717) is 11.3 Å². The lowest BCUT2D eigenvalue weighted by Gasteiger charge is -2.08. The van der Waals surface area contributed by atoms with Crippen LogP contribution in [0.5, 0.6) is 5.75 Å². The Balaban J connectivity index is 2.22. The molecule has 0 spiro atoms. The number of rotatable bonds is 5. The van der Waals surface area contributed by atoms with Crippen molar-refractivity contribution in [3.63, 3.8) is 0 Å². The monoisotopic (exact) mass is 265 g/mol.